The lowest BCUT2D eigenvalue weighted by Gasteiger charge is -2.13. The van der Waals surface area contributed by atoms with Gasteiger partial charge in [0.1, 0.15) is 17.0 Å². The molecular formula is C17H17F2N5O3S. The number of rotatable bonds is 7. The van der Waals surface area contributed by atoms with Crippen LogP contribution in [0.3, 0.4) is 0 Å². The molecule has 3 rings (SSSR count). The molecule has 0 fully saturated rings. The summed E-state index contributed by atoms with van der Waals surface area (Å²) in [5, 5.41) is 3.05. The third kappa shape index (κ3) is 4.26. The van der Waals surface area contributed by atoms with Crippen LogP contribution in [0.5, 0.6) is 0 Å². The number of nitrogens with one attached hydrogen (secondary N) is 4. The molecule has 148 valence electrons. The molecule has 0 radical (unpaired) electrons. The van der Waals surface area contributed by atoms with Crippen LogP contribution in [0.2, 0.25) is 0 Å². The number of hydrogen-bond donors (Lipinski definition) is 4. The zero-order valence-corrected chi connectivity index (χ0v) is 15.5. The summed E-state index contributed by atoms with van der Waals surface area (Å²) < 4.78 is 56.7. The Hall–Kier alpha value is -3.05. The second kappa shape index (κ2) is 7.90. The van der Waals surface area contributed by atoms with E-state index in [1.165, 1.54) is 6.20 Å². The molecule has 0 aliphatic rings. The van der Waals surface area contributed by atoms with E-state index in [4.69, 9.17) is 0 Å². The number of H-pyrrole nitrogens is 1. The quantitative estimate of drug-likeness (QED) is 0.480. The number of amides is 1. The third-order valence-electron chi connectivity index (χ3n) is 3.76. The number of aromatic amines is 1. The Bertz CT molecular complexity index is 1130. The second-order valence-electron chi connectivity index (χ2n) is 5.88. The summed E-state index contributed by atoms with van der Waals surface area (Å²) in [6.45, 7) is 1.89. The fourth-order valence-corrected chi connectivity index (χ4v) is 3.45. The van der Waals surface area contributed by atoms with Crippen LogP contribution in [0.1, 0.15) is 23.7 Å². The molecule has 0 spiro atoms. The lowest BCUT2D eigenvalue weighted by atomic mass is 10.1. The minimum Gasteiger partial charge on any atom is -0.346 e. The van der Waals surface area contributed by atoms with Gasteiger partial charge in [-0.1, -0.05) is 6.92 Å². The first kappa shape index (κ1) is 19.7. The second-order valence-corrected chi connectivity index (χ2v) is 7.38. The molecule has 28 heavy (non-hydrogen) atoms. The smallest absolute Gasteiger partial charge is 0.299 e. The van der Waals surface area contributed by atoms with E-state index in [0.29, 0.717) is 17.5 Å². The molecule has 0 aliphatic heterocycles. The van der Waals surface area contributed by atoms with E-state index < -0.39 is 39.0 Å². The molecule has 2 heterocycles. The van der Waals surface area contributed by atoms with Gasteiger partial charge in [0.25, 0.3) is 16.1 Å². The summed E-state index contributed by atoms with van der Waals surface area (Å²) in [4.78, 5) is 19.3. The van der Waals surface area contributed by atoms with Gasteiger partial charge in [-0.15, -0.1) is 0 Å². The predicted octanol–water partition coefficient (Wildman–Crippen LogP) is 2.75. The first-order valence-corrected chi connectivity index (χ1v) is 9.79. The maximum Gasteiger partial charge on any atom is 0.299 e. The van der Waals surface area contributed by atoms with Gasteiger partial charge in [0, 0.05) is 18.1 Å². The van der Waals surface area contributed by atoms with Gasteiger partial charge in [-0.25, -0.2) is 13.8 Å². The third-order valence-corrected chi connectivity index (χ3v) is 4.84. The van der Waals surface area contributed by atoms with Crippen LogP contribution in [-0.2, 0) is 10.2 Å². The van der Waals surface area contributed by atoms with Crippen molar-refractivity contribution in [2.24, 2.45) is 0 Å². The maximum atomic E-state index is 14.7. The van der Waals surface area contributed by atoms with Crippen LogP contribution in [0.4, 0.5) is 20.2 Å². The van der Waals surface area contributed by atoms with Gasteiger partial charge in [0.2, 0.25) is 0 Å². The molecule has 0 saturated carbocycles. The van der Waals surface area contributed by atoms with Crippen molar-refractivity contribution in [3.8, 4) is 0 Å². The summed E-state index contributed by atoms with van der Waals surface area (Å²) in [7, 11) is -4.06. The molecule has 11 heteroatoms. The zero-order chi connectivity index (χ0) is 20.3. The number of nitrogens with zero attached hydrogens (tertiary/aromatic N) is 1. The lowest BCUT2D eigenvalue weighted by molar-refractivity contribution is 0.101. The highest BCUT2D eigenvalue weighted by Crippen LogP contribution is 2.24. The average Bonchev–Trinajstić information content (AvgIpc) is 3.10. The van der Waals surface area contributed by atoms with Crippen LogP contribution in [0.25, 0.3) is 11.0 Å². The Morgan fingerprint density at radius 3 is 2.79 bits per heavy atom. The minimum absolute atomic E-state index is 0.139. The van der Waals surface area contributed by atoms with Crippen molar-refractivity contribution in [1.29, 1.82) is 0 Å². The van der Waals surface area contributed by atoms with E-state index in [0.717, 1.165) is 12.1 Å². The van der Waals surface area contributed by atoms with Crippen LogP contribution in [-0.4, -0.2) is 30.8 Å². The van der Waals surface area contributed by atoms with Crippen molar-refractivity contribution >= 4 is 38.5 Å². The van der Waals surface area contributed by atoms with Gasteiger partial charge < -0.3 is 10.3 Å². The molecule has 2 aromatic heterocycles. The van der Waals surface area contributed by atoms with Gasteiger partial charge in [0.15, 0.2) is 5.82 Å². The van der Waals surface area contributed by atoms with Gasteiger partial charge in [-0.05, 0) is 30.7 Å². The molecule has 1 amide bonds. The Balaban J connectivity index is 1.87. The molecule has 3 aromatic rings. The Morgan fingerprint density at radius 1 is 1.25 bits per heavy atom. The first-order chi connectivity index (χ1) is 13.3. The Morgan fingerprint density at radius 2 is 2.04 bits per heavy atom. The Kier molecular flexibility index (Phi) is 5.56. The van der Waals surface area contributed by atoms with Crippen molar-refractivity contribution < 1.29 is 22.0 Å². The number of anilines is 2. The van der Waals surface area contributed by atoms with E-state index in [-0.39, 0.29) is 12.2 Å². The van der Waals surface area contributed by atoms with Gasteiger partial charge in [0.05, 0.1) is 17.6 Å². The summed E-state index contributed by atoms with van der Waals surface area (Å²) in [6.07, 6.45) is 3.51. The zero-order valence-electron chi connectivity index (χ0n) is 14.7. The summed E-state index contributed by atoms with van der Waals surface area (Å²) in [5.41, 5.74) is -0.642. The highest BCUT2D eigenvalue weighted by molar-refractivity contribution is 7.90. The van der Waals surface area contributed by atoms with E-state index in [1.807, 2.05) is 4.72 Å². The SMILES string of the molecule is CCCNS(=O)(=O)Nc1ccc(F)c(C(=O)Nc2cnc3[nH]ccc3c2)c1F. The molecular weight excluding hydrogens is 392 g/mol. The maximum absolute atomic E-state index is 14.7. The molecule has 0 unspecified atom stereocenters. The van der Waals surface area contributed by atoms with Crippen LogP contribution in [0, 0.1) is 11.6 Å². The fourth-order valence-electron chi connectivity index (χ4n) is 2.46. The van der Waals surface area contributed by atoms with Crippen LogP contribution < -0.4 is 14.8 Å². The monoisotopic (exact) mass is 409 g/mol. The number of benzene rings is 1. The number of carbonyl (C=O) groups is 1. The predicted molar refractivity (Wildman–Crippen MR) is 101 cm³/mol. The van der Waals surface area contributed by atoms with E-state index in [2.05, 4.69) is 20.0 Å². The number of aromatic nitrogens is 2. The Labute approximate surface area is 159 Å². The highest BCUT2D eigenvalue weighted by Gasteiger charge is 2.23. The van der Waals surface area contributed by atoms with E-state index in [9.17, 15) is 22.0 Å². The van der Waals surface area contributed by atoms with E-state index in [1.54, 1.807) is 25.3 Å². The van der Waals surface area contributed by atoms with Crippen molar-refractivity contribution in [1.82, 2.24) is 14.7 Å². The number of halogens is 2. The molecule has 1 aromatic carbocycles. The lowest BCUT2D eigenvalue weighted by Crippen LogP contribution is -2.31. The van der Waals surface area contributed by atoms with Gasteiger partial charge >= 0.3 is 0 Å². The molecule has 0 atom stereocenters. The van der Waals surface area contributed by atoms with Crippen molar-refractivity contribution in [3.63, 3.8) is 0 Å². The van der Waals surface area contributed by atoms with Gasteiger partial charge in [-0.3, -0.25) is 9.52 Å². The topological polar surface area (TPSA) is 116 Å². The largest absolute Gasteiger partial charge is 0.346 e. The normalized spacial score (nSPS) is 11.5. The highest BCUT2D eigenvalue weighted by atomic mass is 32.2. The van der Waals surface area contributed by atoms with Crippen molar-refractivity contribution in [2.45, 2.75) is 13.3 Å². The molecule has 8 nitrogen and oxygen atoms in total. The van der Waals surface area contributed by atoms with E-state index >= 15 is 0 Å². The fraction of sp³-hybridized carbons (Fsp3) is 0.176. The standard InChI is InChI=1S/C17H17F2N5O3S/c1-2-6-22-28(26,27)24-13-4-3-12(18)14(15(13)19)17(25)23-11-8-10-5-7-20-16(10)21-9-11/h3-5,7-9,22,24H,2,6H2,1H3,(H,20,21)(H,23,25). The first-order valence-electron chi connectivity index (χ1n) is 8.30. The number of carbonyl (C=O) groups excluding carboxylic acids is 1. The van der Waals surface area contributed by atoms with Crippen molar-refractivity contribution in [2.75, 3.05) is 16.6 Å². The summed E-state index contributed by atoms with van der Waals surface area (Å²) in [6, 6.07) is 5.01. The van der Waals surface area contributed by atoms with Crippen LogP contribution >= 0.6 is 0 Å². The molecule has 0 bridgehead atoms. The number of fused-ring (bicyclic) bond motifs is 1. The summed E-state index contributed by atoms with van der Waals surface area (Å²) >= 11 is 0. The number of pyridine rings is 1. The average molecular weight is 409 g/mol. The van der Waals surface area contributed by atoms with Crippen LogP contribution in [0.15, 0.2) is 36.7 Å². The minimum atomic E-state index is -4.06. The number of hydrogen-bond acceptors (Lipinski definition) is 4. The summed E-state index contributed by atoms with van der Waals surface area (Å²) in [5.74, 6) is -3.53. The van der Waals surface area contributed by atoms with Crippen molar-refractivity contribution in [3.05, 3.63) is 53.9 Å². The van der Waals surface area contributed by atoms with Gasteiger partial charge in [-0.2, -0.15) is 13.1 Å². The molecule has 0 aliphatic carbocycles. The molecule has 0 saturated heterocycles. The molecule has 4 N–H and O–H groups in total.